The normalized spacial score (nSPS) is 14.8. The van der Waals surface area contributed by atoms with Crippen molar-refractivity contribution in [2.24, 2.45) is 5.73 Å². The molecule has 2 N–H and O–H groups in total. The van der Waals surface area contributed by atoms with E-state index in [9.17, 15) is 10.1 Å². The number of benzene rings is 2. The summed E-state index contributed by atoms with van der Waals surface area (Å²) in [4.78, 5) is 13.7. The smallest absolute Gasteiger partial charge is 0.258 e. The summed E-state index contributed by atoms with van der Waals surface area (Å²) in [7, 11) is 3.20. The minimum absolute atomic E-state index is 0.00704. The van der Waals surface area contributed by atoms with Gasteiger partial charge in [-0.3, -0.25) is 4.79 Å². The number of aromatic nitrogens is 1. The lowest BCUT2D eigenvalue weighted by Gasteiger charge is -2.27. The van der Waals surface area contributed by atoms with Crippen LogP contribution in [0.15, 0.2) is 70.8 Å². The third kappa shape index (κ3) is 4.15. The first kappa shape index (κ1) is 22.0. The largest absolute Gasteiger partial charge is 0.497 e. The van der Waals surface area contributed by atoms with Gasteiger partial charge in [-0.2, -0.15) is 5.26 Å². The average Bonchev–Trinajstić information content (AvgIpc) is 2.83. The molecule has 3 aromatic rings. The van der Waals surface area contributed by atoms with E-state index in [4.69, 9.17) is 19.9 Å². The Balaban J connectivity index is 1.78. The van der Waals surface area contributed by atoms with Gasteiger partial charge in [-0.1, -0.05) is 24.3 Å². The molecule has 0 saturated carbocycles. The molecule has 1 aromatic heterocycles. The molecule has 0 fully saturated rings. The van der Waals surface area contributed by atoms with Gasteiger partial charge in [0.25, 0.3) is 5.56 Å². The second-order valence-corrected chi connectivity index (χ2v) is 7.82. The lowest BCUT2D eigenvalue weighted by molar-refractivity contribution is 0.387. The molecule has 33 heavy (non-hydrogen) atoms. The maximum atomic E-state index is 13.7. The number of nitrogens with zero attached hydrogens (tertiary/aromatic N) is 2. The number of nitrogens with two attached hydrogens (primary N) is 1. The monoisotopic (exact) mass is 443 g/mol. The van der Waals surface area contributed by atoms with E-state index in [-0.39, 0.29) is 17.0 Å². The molecule has 1 aliphatic heterocycles. The van der Waals surface area contributed by atoms with Gasteiger partial charge >= 0.3 is 0 Å². The van der Waals surface area contributed by atoms with Gasteiger partial charge in [-0.15, -0.1) is 0 Å². The Morgan fingerprint density at radius 2 is 1.82 bits per heavy atom. The Kier molecular flexibility index (Phi) is 6.09. The zero-order chi connectivity index (χ0) is 23.5. The number of fused-ring (bicyclic) bond motifs is 1. The molecule has 0 aliphatic carbocycles. The molecular formula is C26H25N3O4. The van der Waals surface area contributed by atoms with Crippen LogP contribution in [0.3, 0.4) is 0 Å². The summed E-state index contributed by atoms with van der Waals surface area (Å²) < 4.78 is 18.0. The third-order valence-corrected chi connectivity index (χ3v) is 5.90. The zero-order valence-corrected chi connectivity index (χ0v) is 18.8. The molecule has 0 spiro atoms. The van der Waals surface area contributed by atoms with E-state index < -0.39 is 5.92 Å². The number of nitriles is 1. The highest BCUT2D eigenvalue weighted by atomic mass is 16.5. The van der Waals surface area contributed by atoms with Gasteiger partial charge in [-0.25, -0.2) is 0 Å². The third-order valence-electron chi connectivity index (χ3n) is 5.90. The SMILES string of the molecule is COc1ccc(CCn2c(C)cc3c(c2=O)C(c2cccc(OC)c2)C(C#N)=C(N)O3)cc1. The van der Waals surface area contributed by atoms with E-state index >= 15 is 0 Å². The second kappa shape index (κ2) is 9.13. The molecule has 1 atom stereocenters. The highest BCUT2D eigenvalue weighted by Gasteiger charge is 2.34. The van der Waals surface area contributed by atoms with Crippen molar-refractivity contribution < 1.29 is 14.2 Å². The summed E-state index contributed by atoms with van der Waals surface area (Å²) in [6.45, 7) is 2.34. The Bertz CT molecular complexity index is 1320. The molecule has 2 heterocycles. The first-order valence-electron chi connectivity index (χ1n) is 10.6. The van der Waals surface area contributed by atoms with E-state index in [0.717, 1.165) is 22.6 Å². The van der Waals surface area contributed by atoms with Crippen LogP contribution in [0, 0.1) is 18.3 Å². The molecule has 4 rings (SSSR count). The molecule has 1 aliphatic rings. The number of pyridine rings is 1. The van der Waals surface area contributed by atoms with Crippen molar-refractivity contribution in [3.8, 4) is 23.3 Å². The Morgan fingerprint density at radius 1 is 1.09 bits per heavy atom. The van der Waals surface area contributed by atoms with Gasteiger partial charge in [0.15, 0.2) is 0 Å². The van der Waals surface area contributed by atoms with Gasteiger partial charge in [-0.05, 0) is 48.7 Å². The molecular weight excluding hydrogens is 418 g/mol. The molecule has 0 bridgehead atoms. The van der Waals surface area contributed by atoms with Crippen LogP contribution in [0.5, 0.6) is 17.2 Å². The Hall–Kier alpha value is -4.18. The van der Waals surface area contributed by atoms with Crippen molar-refractivity contribution in [2.75, 3.05) is 14.2 Å². The number of ether oxygens (including phenoxy) is 3. The Labute approximate surface area is 192 Å². The standard InChI is InChI=1S/C26H25N3O4/c1-16-13-22-24(26(30)29(16)12-11-17-7-9-19(31-2)10-8-17)23(21(15-27)25(28)33-22)18-5-4-6-20(14-18)32-3/h4-10,13-14,23H,11-12,28H2,1-3H3. The van der Waals surface area contributed by atoms with Gasteiger partial charge in [0.1, 0.15) is 28.9 Å². The van der Waals surface area contributed by atoms with E-state index in [1.165, 1.54) is 0 Å². The van der Waals surface area contributed by atoms with Crippen LogP contribution in [-0.4, -0.2) is 18.8 Å². The van der Waals surface area contributed by atoms with Crippen LogP contribution in [0.2, 0.25) is 0 Å². The maximum Gasteiger partial charge on any atom is 0.258 e. The predicted molar refractivity (Wildman–Crippen MR) is 124 cm³/mol. The van der Waals surface area contributed by atoms with Crippen molar-refractivity contribution in [2.45, 2.75) is 25.8 Å². The summed E-state index contributed by atoms with van der Waals surface area (Å²) in [6.07, 6.45) is 0.664. The number of rotatable bonds is 6. The van der Waals surface area contributed by atoms with E-state index in [2.05, 4.69) is 6.07 Å². The van der Waals surface area contributed by atoms with Crippen LogP contribution in [-0.2, 0) is 13.0 Å². The average molecular weight is 444 g/mol. The molecule has 0 amide bonds. The second-order valence-electron chi connectivity index (χ2n) is 7.82. The van der Waals surface area contributed by atoms with E-state index in [0.29, 0.717) is 30.0 Å². The van der Waals surface area contributed by atoms with E-state index in [1.54, 1.807) is 24.9 Å². The summed E-state index contributed by atoms with van der Waals surface area (Å²) in [6, 6.07) is 19.0. The first-order valence-corrected chi connectivity index (χ1v) is 10.6. The van der Waals surface area contributed by atoms with Crippen LogP contribution in [0.1, 0.15) is 28.3 Å². The molecule has 7 nitrogen and oxygen atoms in total. The van der Waals surface area contributed by atoms with Crippen molar-refractivity contribution in [3.63, 3.8) is 0 Å². The minimum atomic E-state index is -0.644. The highest BCUT2D eigenvalue weighted by Crippen LogP contribution is 2.41. The number of allylic oxidation sites excluding steroid dienone is 1. The fourth-order valence-electron chi connectivity index (χ4n) is 4.15. The van der Waals surface area contributed by atoms with Crippen molar-refractivity contribution >= 4 is 0 Å². The van der Waals surface area contributed by atoms with Crippen LogP contribution in [0.4, 0.5) is 0 Å². The lowest BCUT2D eigenvalue weighted by Crippen LogP contribution is -2.33. The van der Waals surface area contributed by atoms with Crippen molar-refractivity contribution in [1.29, 1.82) is 5.26 Å². The zero-order valence-electron chi connectivity index (χ0n) is 18.8. The van der Waals surface area contributed by atoms with Crippen LogP contribution >= 0.6 is 0 Å². The van der Waals surface area contributed by atoms with Gasteiger partial charge < -0.3 is 24.5 Å². The van der Waals surface area contributed by atoms with Crippen LogP contribution < -0.4 is 25.5 Å². The fraction of sp³-hybridized carbons (Fsp3) is 0.231. The molecule has 2 aromatic carbocycles. The summed E-state index contributed by atoms with van der Waals surface area (Å²) >= 11 is 0. The summed E-state index contributed by atoms with van der Waals surface area (Å²) in [5.41, 5.74) is 9.06. The summed E-state index contributed by atoms with van der Waals surface area (Å²) in [5, 5.41) is 9.84. The number of hydrogen-bond acceptors (Lipinski definition) is 6. The molecule has 7 heteroatoms. The van der Waals surface area contributed by atoms with Crippen LogP contribution in [0.25, 0.3) is 0 Å². The molecule has 0 radical (unpaired) electrons. The lowest BCUT2D eigenvalue weighted by atomic mass is 9.84. The number of methoxy groups -OCH3 is 2. The Morgan fingerprint density at radius 3 is 2.48 bits per heavy atom. The highest BCUT2D eigenvalue weighted by molar-refractivity contribution is 5.56. The van der Waals surface area contributed by atoms with E-state index in [1.807, 2.05) is 55.5 Å². The predicted octanol–water partition coefficient (Wildman–Crippen LogP) is 3.63. The molecule has 0 saturated heterocycles. The maximum absolute atomic E-state index is 13.7. The van der Waals surface area contributed by atoms with Gasteiger partial charge in [0.2, 0.25) is 5.88 Å². The van der Waals surface area contributed by atoms with Gasteiger partial charge in [0.05, 0.1) is 25.7 Å². The topological polar surface area (TPSA) is 99.5 Å². The first-order chi connectivity index (χ1) is 16.0. The summed E-state index contributed by atoms with van der Waals surface area (Å²) in [5.74, 6) is 1.15. The molecule has 1 unspecified atom stereocenters. The number of hydrogen-bond donors (Lipinski definition) is 1. The fourth-order valence-corrected chi connectivity index (χ4v) is 4.15. The van der Waals surface area contributed by atoms with Crippen molar-refractivity contribution in [1.82, 2.24) is 4.57 Å². The molecule has 168 valence electrons. The minimum Gasteiger partial charge on any atom is -0.497 e. The quantitative estimate of drug-likeness (QED) is 0.625. The number of aryl methyl sites for hydroxylation is 2. The van der Waals surface area contributed by atoms with Gasteiger partial charge in [0, 0.05) is 18.3 Å². The van der Waals surface area contributed by atoms with Crippen molar-refractivity contribution in [3.05, 3.63) is 98.8 Å².